The predicted octanol–water partition coefficient (Wildman–Crippen LogP) is 3.99. The van der Waals surface area contributed by atoms with E-state index < -0.39 is 6.09 Å². The van der Waals surface area contributed by atoms with Crippen LogP contribution in [0.3, 0.4) is 0 Å². The van der Waals surface area contributed by atoms with Crippen LogP contribution in [-0.2, 0) is 4.79 Å². The highest BCUT2D eigenvalue weighted by molar-refractivity contribution is 6.02. The van der Waals surface area contributed by atoms with Gasteiger partial charge in [-0.25, -0.2) is 9.78 Å². The smallest absolute Gasteiger partial charge is 0.420 e. The minimum absolute atomic E-state index is 0.217. The Morgan fingerprint density at radius 2 is 1.76 bits per heavy atom. The van der Waals surface area contributed by atoms with E-state index in [0.29, 0.717) is 28.7 Å². The summed E-state index contributed by atoms with van der Waals surface area (Å²) in [4.78, 5) is 38.9. The van der Waals surface area contributed by atoms with Gasteiger partial charge in [0.05, 0.1) is 24.2 Å². The van der Waals surface area contributed by atoms with Crippen LogP contribution < -0.4 is 29.9 Å². The first-order valence-electron chi connectivity index (χ1n) is 11.8. The second kappa shape index (κ2) is 13.1. The molecule has 0 aliphatic carbocycles. The van der Waals surface area contributed by atoms with E-state index in [9.17, 15) is 9.59 Å². The number of nitrogens with zero attached hydrogens (tertiary/aromatic N) is 5. The monoisotopic (exact) mass is 519 g/mol. The van der Waals surface area contributed by atoms with Gasteiger partial charge in [0.25, 0.3) is 0 Å². The SMILES string of the molecule is C=CC(=O)Nc1cc(Nc2nccc(N(C)C(=O)Oc3ccccc3)n2)c(OC)cc1N(C)CCN(C)C. The number of rotatable bonds is 11. The van der Waals surface area contributed by atoms with Crippen LogP contribution in [0, 0.1) is 0 Å². The van der Waals surface area contributed by atoms with E-state index in [1.54, 1.807) is 50.6 Å². The molecule has 11 heteroatoms. The molecule has 2 N–H and O–H groups in total. The molecule has 0 aliphatic rings. The second-order valence-electron chi connectivity index (χ2n) is 8.59. The molecule has 0 atom stereocenters. The highest BCUT2D eigenvalue weighted by Crippen LogP contribution is 2.38. The number of carbonyl (C=O) groups excluding carboxylic acids is 2. The number of aromatic nitrogens is 2. The molecule has 11 nitrogen and oxygen atoms in total. The van der Waals surface area contributed by atoms with Gasteiger partial charge < -0.3 is 29.9 Å². The summed E-state index contributed by atoms with van der Waals surface area (Å²) in [6.07, 6.45) is 2.13. The van der Waals surface area contributed by atoms with E-state index in [2.05, 4.69) is 32.1 Å². The Balaban J connectivity index is 1.88. The molecule has 1 aromatic heterocycles. The van der Waals surface area contributed by atoms with Crippen molar-refractivity contribution in [2.75, 3.05) is 68.8 Å². The fourth-order valence-electron chi connectivity index (χ4n) is 3.37. The summed E-state index contributed by atoms with van der Waals surface area (Å²) < 4.78 is 11.0. The van der Waals surface area contributed by atoms with Gasteiger partial charge in [-0.2, -0.15) is 4.98 Å². The molecule has 2 amide bonds. The van der Waals surface area contributed by atoms with Gasteiger partial charge in [0.2, 0.25) is 11.9 Å². The molecular weight excluding hydrogens is 486 g/mol. The van der Waals surface area contributed by atoms with Crippen molar-refractivity contribution in [3.8, 4) is 11.5 Å². The number of carbonyl (C=O) groups is 2. The maximum absolute atomic E-state index is 12.6. The fourth-order valence-corrected chi connectivity index (χ4v) is 3.37. The molecule has 0 radical (unpaired) electrons. The van der Waals surface area contributed by atoms with Crippen molar-refractivity contribution in [1.82, 2.24) is 14.9 Å². The maximum atomic E-state index is 12.6. The van der Waals surface area contributed by atoms with E-state index in [-0.39, 0.29) is 11.9 Å². The third-order valence-corrected chi connectivity index (χ3v) is 5.51. The third-order valence-electron chi connectivity index (χ3n) is 5.51. The Labute approximate surface area is 222 Å². The molecule has 0 spiro atoms. The number of amides is 2. The summed E-state index contributed by atoms with van der Waals surface area (Å²) in [5.74, 6) is 1.13. The second-order valence-corrected chi connectivity index (χ2v) is 8.59. The lowest BCUT2D eigenvalue weighted by molar-refractivity contribution is -0.111. The summed E-state index contributed by atoms with van der Waals surface area (Å²) in [6.45, 7) is 5.08. The van der Waals surface area contributed by atoms with Gasteiger partial charge in [-0.15, -0.1) is 0 Å². The first-order valence-corrected chi connectivity index (χ1v) is 11.8. The van der Waals surface area contributed by atoms with Crippen LogP contribution in [0.25, 0.3) is 0 Å². The summed E-state index contributed by atoms with van der Waals surface area (Å²) in [5, 5.41) is 5.98. The molecule has 0 fully saturated rings. The molecule has 38 heavy (non-hydrogen) atoms. The van der Waals surface area contributed by atoms with Gasteiger partial charge in [0.1, 0.15) is 17.3 Å². The maximum Gasteiger partial charge on any atom is 0.420 e. The van der Waals surface area contributed by atoms with Crippen molar-refractivity contribution in [1.29, 1.82) is 0 Å². The van der Waals surface area contributed by atoms with Crippen LogP contribution in [0.15, 0.2) is 67.4 Å². The van der Waals surface area contributed by atoms with Gasteiger partial charge in [-0.1, -0.05) is 24.8 Å². The number of anilines is 5. The Morgan fingerprint density at radius 1 is 1.03 bits per heavy atom. The van der Waals surface area contributed by atoms with E-state index in [1.165, 1.54) is 17.2 Å². The summed E-state index contributed by atoms with van der Waals surface area (Å²) in [5.41, 5.74) is 1.84. The molecule has 0 unspecified atom stereocenters. The molecule has 1 heterocycles. The topological polar surface area (TPSA) is 112 Å². The van der Waals surface area contributed by atoms with Crippen molar-refractivity contribution in [2.45, 2.75) is 0 Å². The number of benzene rings is 2. The predicted molar refractivity (Wildman–Crippen MR) is 150 cm³/mol. The lowest BCUT2D eigenvalue weighted by Gasteiger charge is -2.26. The number of likely N-dealkylation sites (N-methyl/N-ethyl adjacent to an activating group) is 2. The fraction of sp³-hybridized carbons (Fsp3) is 0.259. The third kappa shape index (κ3) is 7.43. The van der Waals surface area contributed by atoms with Gasteiger partial charge in [-0.3, -0.25) is 9.69 Å². The normalized spacial score (nSPS) is 10.5. The van der Waals surface area contributed by atoms with Crippen LogP contribution in [-0.4, -0.2) is 75.3 Å². The van der Waals surface area contributed by atoms with E-state index in [0.717, 1.165) is 18.8 Å². The zero-order valence-electron chi connectivity index (χ0n) is 22.3. The van der Waals surface area contributed by atoms with Crippen LogP contribution >= 0.6 is 0 Å². The number of para-hydroxylation sites is 1. The molecule has 3 aromatic rings. The van der Waals surface area contributed by atoms with E-state index in [4.69, 9.17) is 9.47 Å². The number of ether oxygens (including phenoxy) is 2. The quantitative estimate of drug-likeness (QED) is 0.363. The Hall–Kier alpha value is -4.64. The summed E-state index contributed by atoms with van der Waals surface area (Å²) in [7, 11) is 9.03. The van der Waals surface area contributed by atoms with Crippen molar-refractivity contribution in [2.24, 2.45) is 0 Å². The number of hydrogen-bond acceptors (Lipinski definition) is 9. The van der Waals surface area contributed by atoms with Crippen molar-refractivity contribution in [3.63, 3.8) is 0 Å². The Kier molecular flexibility index (Phi) is 9.60. The van der Waals surface area contributed by atoms with Crippen molar-refractivity contribution in [3.05, 3.63) is 67.4 Å². The lowest BCUT2D eigenvalue weighted by Crippen LogP contribution is -2.30. The first-order chi connectivity index (χ1) is 18.2. The molecule has 3 rings (SSSR count). The molecule has 2 aromatic carbocycles. The number of methoxy groups -OCH3 is 1. The molecular formula is C27H33N7O4. The van der Waals surface area contributed by atoms with Crippen LogP contribution in [0.1, 0.15) is 0 Å². The van der Waals surface area contributed by atoms with Crippen molar-refractivity contribution < 1.29 is 19.1 Å². The molecule has 0 aliphatic heterocycles. The summed E-state index contributed by atoms with van der Waals surface area (Å²) in [6, 6.07) is 13.9. The number of hydrogen-bond donors (Lipinski definition) is 2. The standard InChI is InChI=1S/C27H33N7O4/c1-7-25(35)29-20-17-21(23(37-6)18-22(20)33(4)16-15-32(2)3)30-26-28-14-13-24(31-26)34(5)27(36)38-19-11-9-8-10-12-19/h7-14,17-18H,1,15-16H2,2-6H3,(H,29,35)(H,28,30,31). The highest BCUT2D eigenvalue weighted by atomic mass is 16.6. The first kappa shape index (κ1) is 27.9. The minimum Gasteiger partial charge on any atom is -0.494 e. The van der Waals surface area contributed by atoms with Gasteiger partial charge >= 0.3 is 6.09 Å². The Bertz CT molecular complexity index is 1270. The largest absolute Gasteiger partial charge is 0.494 e. The average Bonchev–Trinajstić information content (AvgIpc) is 2.92. The zero-order valence-corrected chi connectivity index (χ0v) is 22.3. The van der Waals surface area contributed by atoms with Gasteiger partial charge in [0, 0.05) is 39.4 Å². The molecule has 0 saturated heterocycles. The lowest BCUT2D eigenvalue weighted by atomic mass is 10.2. The van der Waals surface area contributed by atoms with Crippen LogP contribution in [0.4, 0.5) is 33.6 Å². The number of nitrogens with one attached hydrogen (secondary N) is 2. The summed E-state index contributed by atoms with van der Waals surface area (Å²) >= 11 is 0. The van der Waals surface area contributed by atoms with Crippen molar-refractivity contribution >= 4 is 40.8 Å². The molecule has 200 valence electrons. The zero-order chi connectivity index (χ0) is 27.7. The Morgan fingerprint density at radius 3 is 2.42 bits per heavy atom. The van der Waals surface area contributed by atoms with E-state index in [1.807, 2.05) is 38.2 Å². The highest BCUT2D eigenvalue weighted by Gasteiger charge is 2.18. The average molecular weight is 520 g/mol. The van der Waals surface area contributed by atoms with Crippen LogP contribution in [0.2, 0.25) is 0 Å². The van der Waals surface area contributed by atoms with Gasteiger partial charge in [-0.05, 0) is 44.4 Å². The molecule has 0 saturated carbocycles. The molecule has 0 bridgehead atoms. The van der Waals surface area contributed by atoms with Gasteiger partial charge in [0.15, 0.2) is 0 Å². The van der Waals surface area contributed by atoms with Crippen LogP contribution in [0.5, 0.6) is 11.5 Å². The van der Waals surface area contributed by atoms with E-state index >= 15 is 0 Å². The minimum atomic E-state index is -0.599.